The summed E-state index contributed by atoms with van der Waals surface area (Å²) in [7, 11) is -0.173. The Morgan fingerprint density at radius 2 is 1.80 bits per heavy atom. The van der Waals surface area contributed by atoms with Crippen molar-refractivity contribution in [2.24, 2.45) is 17.0 Å². The second kappa shape index (κ2) is 6.42. The Morgan fingerprint density at radius 1 is 1.20 bits per heavy atom. The minimum absolute atomic E-state index is 0.0138. The molecule has 0 aromatic heterocycles. The van der Waals surface area contributed by atoms with Crippen molar-refractivity contribution in [1.82, 2.24) is 9.80 Å². The van der Waals surface area contributed by atoms with Gasteiger partial charge in [0, 0.05) is 38.7 Å². The van der Waals surface area contributed by atoms with Crippen molar-refractivity contribution in [1.29, 1.82) is 0 Å². The molecule has 1 aromatic carbocycles. The lowest BCUT2D eigenvalue weighted by Crippen LogP contribution is -2.39. The van der Waals surface area contributed by atoms with Crippen LogP contribution in [0.2, 0.25) is 0 Å². The predicted molar refractivity (Wildman–Crippen MR) is 92.2 cm³/mol. The minimum Gasteiger partial charge on any atom is -0.345 e. The fraction of sp³-hybridized carbons (Fsp3) is 0.529. The maximum absolute atomic E-state index is 12.7. The quantitative estimate of drug-likeness (QED) is 0.850. The Bertz CT molecular complexity index is 791. The van der Waals surface area contributed by atoms with Gasteiger partial charge in [0.15, 0.2) is 0 Å². The molecule has 2 aliphatic rings. The smallest absolute Gasteiger partial charge is 0.253 e. The van der Waals surface area contributed by atoms with Crippen LogP contribution in [0.5, 0.6) is 0 Å². The number of carbonyl (C=O) groups excluding carboxylic acids is 2. The topological polar surface area (TPSA) is 101 Å². The number of amides is 2. The first-order valence-corrected chi connectivity index (χ1v) is 9.85. The normalized spacial score (nSPS) is 26.4. The molecule has 1 saturated heterocycles. The first kappa shape index (κ1) is 17.9. The lowest BCUT2D eigenvalue weighted by Gasteiger charge is -2.31. The van der Waals surface area contributed by atoms with Crippen molar-refractivity contribution in [3.8, 4) is 0 Å². The summed E-state index contributed by atoms with van der Waals surface area (Å²) < 4.78 is 22.6. The number of nitrogens with zero attached hydrogens (tertiary/aromatic N) is 2. The lowest BCUT2D eigenvalue weighted by molar-refractivity contribution is -0.134. The van der Waals surface area contributed by atoms with Gasteiger partial charge in [-0.15, -0.1) is 0 Å². The summed E-state index contributed by atoms with van der Waals surface area (Å²) in [5, 5.41) is 5.08. The first-order valence-electron chi connectivity index (χ1n) is 8.31. The fourth-order valence-corrected chi connectivity index (χ4v) is 4.48. The Morgan fingerprint density at radius 3 is 2.40 bits per heavy atom. The highest BCUT2D eigenvalue weighted by Crippen LogP contribution is 2.40. The van der Waals surface area contributed by atoms with E-state index >= 15 is 0 Å². The molecule has 0 spiro atoms. The molecule has 2 amide bonds. The number of piperidine rings is 1. The monoisotopic (exact) mass is 365 g/mol. The van der Waals surface area contributed by atoms with E-state index in [2.05, 4.69) is 0 Å². The summed E-state index contributed by atoms with van der Waals surface area (Å²) in [5.41, 5.74) is 0.429. The number of hydrogen-bond donors (Lipinski definition) is 1. The molecule has 1 heterocycles. The minimum atomic E-state index is -3.77. The van der Waals surface area contributed by atoms with E-state index in [0.29, 0.717) is 23.8 Å². The Balaban J connectivity index is 1.70. The van der Waals surface area contributed by atoms with E-state index in [-0.39, 0.29) is 22.8 Å². The van der Waals surface area contributed by atoms with E-state index in [1.807, 2.05) is 7.05 Å². The number of carbonyl (C=O) groups is 2. The van der Waals surface area contributed by atoms with Gasteiger partial charge >= 0.3 is 0 Å². The highest BCUT2D eigenvalue weighted by atomic mass is 32.2. The van der Waals surface area contributed by atoms with Crippen molar-refractivity contribution in [2.45, 2.75) is 30.2 Å². The molecule has 3 rings (SSSR count). The molecule has 1 aromatic rings. The SMILES string of the molecule is CN1C[C@@H]2C[C@H](N(C)C(=O)c3ccc(S(N)(=O)=O)cc3)C[C@@H]2CC1=O. The van der Waals surface area contributed by atoms with Crippen LogP contribution >= 0.6 is 0 Å². The summed E-state index contributed by atoms with van der Waals surface area (Å²) in [4.78, 5) is 28.0. The summed E-state index contributed by atoms with van der Waals surface area (Å²) in [6.45, 7) is 0.755. The second-order valence-electron chi connectivity index (χ2n) is 7.11. The van der Waals surface area contributed by atoms with Gasteiger partial charge in [-0.2, -0.15) is 0 Å². The zero-order valence-electron chi connectivity index (χ0n) is 14.4. The molecule has 2 N–H and O–H groups in total. The van der Waals surface area contributed by atoms with Crippen LogP contribution in [0.15, 0.2) is 29.2 Å². The molecule has 0 unspecified atom stereocenters. The highest BCUT2D eigenvalue weighted by molar-refractivity contribution is 7.89. The third kappa shape index (κ3) is 3.55. The third-order valence-electron chi connectivity index (χ3n) is 5.49. The van der Waals surface area contributed by atoms with Crippen LogP contribution in [0.1, 0.15) is 29.6 Å². The number of sulfonamides is 1. The summed E-state index contributed by atoms with van der Waals surface area (Å²) in [6, 6.07) is 5.76. The van der Waals surface area contributed by atoms with Gasteiger partial charge in [-0.1, -0.05) is 0 Å². The third-order valence-corrected chi connectivity index (χ3v) is 6.41. The Kier molecular flexibility index (Phi) is 4.59. The van der Waals surface area contributed by atoms with Crippen molar-refractivity contribution in [2.75, 3.05) is 20.6 Å². The van der Waals surface area contributed by atoms with Gasteiger partial charge in [0.2, 0.25) is 15.9 Å². The van der Waals surface area contributed by atoms with Gasteiger partial charge in [0.25, 0.3) is 5.91 Å². The van der Waals surface area contributed by atoms with Gasteiger partial charge < -0.3 is 9.80 Å². The molecule has 2 fully saturated rings. The van der Waals surface area contributed by atoms with Gasteiger partial charge in [0.05, 0.1) is 4.90 Å². The molecule has 136 valence electrons. The Hall–Kier alpha value is -1.93. The van der Waals surface area contributed by atoms with Crippen LogP contribution in [0.25, 0.3) is 0 Å². The van der Waals surface area contributed by atoms with Crippen LogP contribution in [-0.2, 0) is 14.8 Å². The van der Waals surface area contributed by atoms with E-state index in [0.717, 1.165) is 19.4 Å². The Labute approximate surface area is 147 Å². The molecule has 1 aliphatic heterocycles. The summed E-state index contributed by atoms with van der Waals surface area (Å²) in [6.07, 6.45) is 2.28. The number of primary sulfonamides is 1. The summed E-state index contributed by atoms with van der Waals surface area (Å²) >= 11 is 0. The van der Waals surface area contributed by atoms with Crippen LogP contribution in [0.4, 0.5) is 0 Å². The van der Waals surface area contributed by atoms with Crippen molar-refractivity contribution in [3.05, 3.63) is 29.8 Å². The molecule has 7 nitrogen and oxygen atoms in total. The molecule has 8 heteroatoms. The molecule has 1 saturated carbocycles. The number of rotatable bonds is 3. The van der Waals surface area contributed by atoms with E-state index in [9.17, 15) is 18.0 Å². The van der Waals surface area contributed by atoms with Gasteiger partial charge in [-0.25, -0.2) is 13.6 Å². The number of benzene rings is 1. The maximum Gasteiger partial charge on any atom is 0.253 e. The first-order chi connectivity index (χ1) is 11.7. The van der Waals surface area contributed by atoms with Crippen LogP contribution < -0.4 is 5.14 Å². The molecule has 3 atom stereocenters. The molecule has 0 radical (unpaired) electrons. The van der Waals surface area contributed by atoms with Crippen molar-refractivity contribution < 1.29 is 18.0 Å². The zero-order chi connectivity index (χ0) is 18.4. The molecular formula is C17H23N3O4S. The second-order valence-corrected chi connectivity index (χ2v) is 8.67. The predicted octanol–water partition coefficient (Wildman–Crippen LogP) is 0.663. The van der Waals surface area contributed by atoms with Crippen molar-refractivity contribution >= 4 is 21.8 Å². The maximum atomic E-state index is 12.7. The van der Waals surface area contributed by atoms with Gasteiger partial charge in [0.1, 0.15) is 0 Å². The van der Waals surface area contributed by atoms with Crippen LogP contribution in [0, 0.1) is 11.8 Å². The number of hydrogen-bond acceptors (Lipinski definition) is 4. The average Bonchev–Trinajstić information content (AvgIpc) is 2.96. The van der Waals surface area contributed by atoms with Gasteiger partial charge in [-0.3, -0.25) is 9.59 Å². The standard InChI is InChI=1S/C17H23N3O4S/c1-19-10-13-8-14(7-12(13)9-16(19)21)20(2)17(22)11-3-5-15(6-4-11)25(18,23)24/h3-6,12-14H,7-10H2,1-2H3,(H2,18,23,24)/t12-,13+,14-/m1/s1. The van der Waals surface area contributed by atoms with E-state index in [4.69, 9.17) is 5.14 Å². The molecule has 0 bridgehead atoms. The van der Waals surface area contributed by atoms with E-state index < -0.39 is 10.0 Å². The molecular weight excluding hydrogens is 342 g/mol. The number of nitrogens with two attached hydrogens (primary N) is 1. The zero-order valence-corrected chi connectivity index (χ0v) is 15.2. The largest absolute Gasteiger partial charge is 0.345 e. The highest BCUT2D eigenvalue weighted by Gasteiger charge is 2.42. The average molecular weight is 365 g/mol. The molecule has 1 aliphatic carbocycles. The fourth-order valence-electron chi connectivity index (χ4n) is 3.96. The summed E-state index contributed by atoms with van der Waals surface area (Å²) in [5.74, 6) is 0.806. The van der Waals surface area contributed by atoms with Crippen LogP contribution in [0.3, 0.4) is 0 Å². The van der Waals surface area contributed by atoms with E-state index in [1.54, 1.807) is 16.8 Å². The number of likely N-dealkylation sites (tertiary alicyclic amines) is 1. The number of fused-ring (bicyclic) bond motifs is 1. The van der Waals surface area contributed by atoms with Crippen molar-refractivity contribution in [3.63, 3.8) is 0 Å². The molecule has 25 heavy (non-hydrogen) atoms. The lowest BCUT2D eigenvalue weighted by atomic mass is 9.88. The van der Waals surface area contributed by atoms with E-state index in [1.165, 1.54) is 24.3 Å². The van der Waals surface area contributed by atoms with Crippen LogP contribution in [-0.4, -0.2) is 56.7 Å². The van der Waals surface area contributed by atoms with Gasteiger partial charge in [-0.05, 0) is 48.9 Å².